The van der Waals surface area contributed by atoms with Gasteiger partial charge in [-0.1, -0.05) is 30.3 Å². The van der Waals surface area contributed by atoms with E-state index in [2.05, 4.69) is 30.3 Å². The first-order chi connectivity index (χ1) is 5.41. The van der Waals surface area contributed by atoms with Crippen LogP contribution in [0, 0.1) is 5.41 Å². The first-order valence-electron chi connectivity index (χ1n) is 4.46. The van der Waals surface area contributed by atoms with E-state index >= 15 is 0 Å². The molecule has 3 rings (SSSR count). The van der Waals surface area contributed by atoms with Crippen LogP contribution in [0.3, 0.4) is 0 Å². The molecule has 0 nitrogen and oxygen atoms in total. The minimum atomic E-state index is 0.821. The lowest BCUT2D eigenvalue weighted by Gasteiger charge is -1.95. The first-order valence-corrected chi connectivity index (χ1v) is 4.46. The van der Waals surface area contributed by atoms with Crippen molar-refractivity contribution in [3.8, 4) is 0 Å². The van der Waals surface area contributed by atoms with Crippen LogP contribution in [0.15, 0.2) is 30.3 Å². The smallest absolute Gasteiger partial charge is 0.00996 e. The summed E-state index contributed by atoms with van der Waals surface area (Å²) < 4.78 is 0. The van der Waals surface area contributed by atoms with Crippen molar-refractivity contribution >= 4 is 0 Å². The average molecular weight is 144 g/mol. The predicted octanol–water partition coefficient (Wildman–Crippen LogP) is 2.95. The number of hydrogen-bond acceptors (Lipinski definition) is 0. The third-order valence-electron chi connectivity index (χ3n) is 3.28. The Balaban J connectivity index is 1.91. The van der Waals surface area contributed by atoms with Crippen molar-refractivity contribution in [1.29, 1.82) is 0 Å². The Morgan fingerprint density at radius 3 is 2.36 bits per heavy atom. The monoisotopic (exact) mass is 144 g/mol. The van der Waals surface area contributed by atoms with Gasteiger partial charge in [0, 0.05) is 0 Å². The van der Waals surface area contributed by atoms with E-state index in [9.17, 15) is 0 Å². The van der Waals surface area contributed by atoms with E-state index in [1.165, 1.54) is 19.3 Å². The molecule has 1 aromatic rings. The van der Waals surface area contributed by atoms with Crippen molar-refractivity contribution in [2.45, 2.75) is 25.2 Å². The van der Waals surface area contributed by atoms with E-state index in [1.807, 2.05) is 0 Å². The van der Waals surface area contributed by atoms with Gasteiger partial charge in [-0.3, -0.25) is 0 Å². The second-order valence-corrected chi connectivity index (χ2v) is 4.03. The molecule has 1 atom stereocenters. The van der Waals surface area contributed by atoms with Gasteiger partial charge in [0.2, 0.25) is 0 Å². The number of benzene rings is 1. The molecule has 2 aliphatic rings. The summed E-state index contributed by atoms with van der Waals surface area (Å²) in [6.07, 6.45) is 4.45. The maximum Gasteiger partial charge on any atom is -0.00996 e. The van der Waals surface area contributed by atoms with Crippen LogP contribution in [0.1, 0.15) is 30.7 Å². The number of hydrogen-bond donors (Lipinski definition) is 0. The molecule has 0 aromatic heterocycles. The van der Waals surface area contributed by atoms with E-state index in [4.69, 9.17) is 0 Å². The molecule has 0 bridgehead atoms. The van der Waals surface area contributed by atoms with Gasteiger partial charge < -0.3 is 0 Å². The molecule has 0 aliphatic heterocycles. The summed E-state index contributed by atoms with van der Waals surface area (Å²) in [6.45, 7) is 0. The zero-order valence-corrected chi connectivity index (χ0v) is 6.59. The van der Waals surface area contributed by atoms with Crippen LogP contribution in [0.5, 0.6) is 0 Å². The summed E-state index contributed by atoms with van der Waals surface area (Å²) >= 11 is 0. The van der Waals surface area contributed by atoms with Gasteiger partial charge in [-0.15, -0.1) is 0 Å². The maximum absolute atomic E-state index is 2.28. The van der Waals surface area contributed by atoms with Gasteiger partial charge in [-0.2, -0.15) is 0 Å². The van der Waals surface area contributed by atoms with E-state index in [-0.39, 0.29) is 0 Å². The van der Waals surface area contributed by atoms with Crippen LogP contribution in [0.2, 0.25) is 0 Å². The molecule has 1 spiro atoms. The molecule has 2 fully saturated rings. The summed E-state index contributed by atoms with van der Waals surface area (Å²) in [5.41, 5.74) is 2.39. The first kappa shape index (κ1) is 5.82. The molecule has 2 aliphatic carbocycles. The molecule has 0 heteroatoms. The van der Waals surface area contributed by atoms with Crippen molar-refractivity contribution in [3.63, 3.8) is 0 Å². The second-order valence-electron chi connectivity index (χ2n) is 4.03. The standard InChI is InChI=1S/C11H12/c1-2-4-9(5-3-1)10-8-11(10)6-7-11/h1-5,10H,6-8H2. The van der Waals surface area contributed by atoms with Gasteiger partial charge in [0.05, 0.1) is 0 Å². The zero-order valence-electron chi connectivity index (χ0n) is 6.59. The molecule has 1 aromatic carbocycles. The summed E-state index contributed by atoms with van der Waals surface area (Å²) in [6, 6.07) is 11.0. The van der Waals surface area contributed by atoms with Crippen LogP contribution in [0.4, 0.5) is 0 Å². The molecule has 1 unspecified atom stereocenters. The SMILES string of the molecule is c1ccc(C2CC23CC3)cc1. The van der Waals surface area contributed by atoms with Crippen LogP contribution in [-0.4, -0.2) is 0 Å². The molecule has 0 saturated heterocycles. The van der Waals surface area contributed by atoms with Crippen molar-refractivity contribution in [2.75, 3.05) is 0 Å². The van der Waals surface area contributed by atoms with Gasteiger partial charge in [-0.25, -0.2) is 0 Å². The minimum absolute atomic E-state index is 0.821. The van der Waals surface area contributed by atoms with Crippen LogP contribution in [-0.2, 0) is 0 Å². The fourth-order valence-electron chi connectivity index (χ4n) is 2.22. The van der Waals surface area contributed by atoms with Gasteiger partial charge in [0.15, 0.2) is 0 Å². The van der Waals surface area contributed by atoms with E-state index in [1.54, 1.807) is 5.56 Å². The van der Waals surface area contributed by atoms with Gasteiger partial charge in [0.25, 0.3) is 0 Å². The topological polar surface area (TPSA) is 0 Å². The van der Waals surface area contributed by atoms with Crippen molar-refractivity contribution in [1.82, 2.24) is 0 Å². The molecule has 11 heavy (non-hydrogen) atoms. The Morgan fingerprint density at radius 2 is 1.82 bits per heavy atom. The summed E-state index contributed by atoms with van der Waals surface area (Å²) in [5, 5.41) is 0. The highest BCUT2D eigenvalue weighted by molar-refractivity contribution is 5.33. The number of rotatable bonds is 1. The lowest BCUT2D eigenvalue weighted by molar-refractivity contribution is 0.840. The molecule has 0 radical (unpaired) electrons. The summed E-state index contributed by atoms with van der Waals surface area (Å²) in [5.74, 6) is 0.934. The lowest BCUT2D eigenvalue weighted by Crippen LogP contribution is -1.79. The Hall–Kier alpha value is -0.780. The highest BCUT2D eigenvalue weighted by atomic mass is 14.7. The minimum Gasteiger partial charge on any atom is -0.0622 e. The van der Waals surface area contributed by atoms with Crippen LogP contribution < -0.4 is 0 Å². The quantitative estimate of drug-likeness (QED) is 0.568. The summed E-state index contributed by atoms with van der Waals surface area (Å²) in [4.78, 5) is 0. The van der Waals surface area contributed by atoms with Gasteiger partial charge in [-0.05, 0) is 36.2 Å². The molecule has 2 saturated carbocycles. The van der Waals surface area contributed by atoms with Crippen molar-refractivity contribution < 1.29 is 0 Å². The van der Waals surface area contributed by atoms with E-state index in [0.29, 0.717) is 0 Å². The highest BCUT2D eigenvalue weighted by Gasteiger charge is 2.62. The molecular weight excluding hydrogens is 132 g/mol. The summed E-state index contributed by atoms with van der Waals surface area (Å²) in [7, 11) is 0. The van der Waals surface area contributed by atoms with Gasteiger partial charge in [0.1, 0.15) is 0 Å². The van der Waals surface area contributed by atoms with Crippen molar-refractivity contribution in [2.24, 2.45) is 5.41 Å². The molecule has 0 N–H and O–H groups in total. The Bertz CT molecular complexity index is 269. The molecule has 0 amide bonds. The largest absolute Gasteiger partial charge is 0.0622 e. The molecule has 56 valence electrons. The molecular formula is C11H12. The maximum atomic E-state index is 2.28. The average Bonchev–Trinajstić information content (AvgIpc) is 2.95. The highest BCUT2D eigenvalue weighted by Crippen LogP contribution is 2.74. The third-order valence-corrected chi connectivity index (χ3v) is 3.28. The predicted molar refractivity (Wildman–Crippen MR) is 45.5 cm³/mol. The van der Waals surface area contributed by atoms with Crippen LogP contribution in [0.25, 0.3) is 0 Å². The van der Waals surface area contributed by atoms with Crippen LogP contribution >= 0.6 is 0 Å². The Kier molecular flexibility index (Phi) is 0.892. The van der Waals surface area contributed by atoms with E-state index in [0.717, 1.165) is 11.3 Å². The zero-order chi connectivity index (χ0) is 7.31. The lowest BCUT2D eigenvalue weighted by atomic mass is 10.1. The van der Waals surface area contributed by atoms with Crippen molar-refractivity contribution in [3.05, 3.63) is 35.9 Å². The fourth-order valence-corrected chi connectivity index (χ4v) is 2.22. The van der Waals surface area contributed by atoms with Gasteiger partial charge >= 0.3 is 0 Å². The second kappa shape index (κ2) is 1.69. The normalized spacial score (nSPS) is 30.4. The molecule has 0 heterocycles. The fraction of sp³-hybridized carbons (Fsp3) is 0.455. The Morgan fingerprint density at radius 1 is 1.09 bits per heavy atom. The third kappa shape index (κ3) is 0.756. The van der Waals surface area contributed by atoms with E-state index < -0.39 is 0 Å². The Labute approximate surface area is 67.2 Å².